The minimum atomic E-state index is -0.0402. The molecule has 4 nitrogen and oxygen atoms in total. The van der Waals surface area contributed by atoms with E-state index in [2.05, 4.69) is 6.07 Å². The Balaban J connectivity index is 1.56. The van der Waals surface area contributed by atoms with Gasteiger partial charge in [0.05, 0.1) is 6.54 Å². The summed E-state index contributed by atoms with van der Waals surface area (Å²) in [5.74, 6) is -0.0428. The van der Waals surface area contributed by atoms with E-state index in [4.69, 9.17) is 0 Å². The fourth-order valence-corrected chi connectivity index (χ4v) is 5.10. The molecule has 166 valence electrons. The highest BCUT2D eigenvalue weighted by Gasteiger charge is 2.29. The summed E-state index contributed by atoms with van der Waals surface area (Å²) in [7, 11) is 0. The zero-order chi connectivity index (χ0) is 22.2. The molecular weight excluding hydrogens is 416 g/mol. The molecule has 1 fully saturated rings. The molecule has 0 N–H and O–H groups in total. The van der Waals surface area contributed by atoms with Crippen molar-refractivity contribution in [1.29, 1.82) is 0 Å². The summed E-state index contributed by atoms with van der Waals surface area (Å²) >= 11 is 1.65. The van der Waals surface area contributed by atoms with Crippen molar-refractivity contribution in [2.75, 3.05) is 6.54 Å². The van der Waals surface area contributed by atoms with Crippen LogP contribution >= 0.6 is 11.3 Å². The molecule has 1 aliphatic rings. The Kier molecular flexibility index (Phi) is 7.73. The molecule has 1 saturated carbocycles. The molecule has 0 aliphatic heterocycles. The van der Waals surface area contributed by atoms with Gasteiger partial charge in [-0.25, -0.2) is 0 Å². The van der Waals surface area contributed by atoms with Crippen LogP contribution in [0.2, 0.25) is 0 Å². The number of thiophene rings is 1. The van der Waals surface area contributed by atoms with Crippen molar-refractivity contribution in [2.24, 2.45) is 0 Å². The van der Waals surface area contributed by atoms with Gasteiger partial charge in [0, 0.05) is 23.0 Å². The van der Waals surface area contributed by atoms with Crippen LogP contribution in [-0.4, -0.2) is 34.2 Å². The lowest BCUT2D eigenvalue weighted by Gasteiger charge is -2.35. The molecule has 2 amide bonds. The number of carbonyl (C=O) groups excluding carboxylic acids is 2. The number of amides is 2. The molecule has 1 heterocycles. The van der Waals surface area contributed by atoms with Crippen LogP contribution in [0.1, 0.15) is 52.9 Å². The van der Waals surface area contributed by atoms with Gasteiger partial charge in [0.2, 0.25) is 5.91 Å². The van der Waals surface area contributed by atoms with E-state index in [1.807, 2.05) is 81.9 Å². The summed E-state index contributed by atoms with van der Waals surface area (Å²) in [5.41, 5.74) is 1.75. The third-order valence-corrected chi connectivity index (χ3v) is 6.96. The molecule has 5 heteroatoms. The first-order valence-corrected chi connectivity index (χ1v) is 12.3. The van der Waals surface area contributed by atoms with Crippen molar-refractivity contribution >= 4 is 23.2 Å². The van der Waals surface area contributed by atoms with Gasteiger partial charge in [-0.05, 0) is 42.0 Å². The van der Waals surface area contributed by atoms with Gasteiger partial charge in [0.15, 0.2) is 0 Å². The lowest BCUT2D eigenvalue weighted by atomic mass is 9.93. The Morgan fingerprint density at radius 1 is 0.812 bits per heavy atom. The molecule has 1 aromatic heterocycles. The van der Waals surface area contributed by atoms with Crippen LogP contribution in [0.5, 0.6) is 0 Å². The number of rotatable bonds is 8. The van der Waals surface area contributed by atoms with Crippen molar-refractivity contribution in [3.8, 4) is 0 Å². The monoisotopic (exact) mass is 446 g/mol. The Morgan fingerprint density at radius 2 is 1.50 bits per heavy atom. The Labute approximate surface area is 194 Å². The predicted octanol–water partition coefficient (Wildman–Crippen LogP) is 5.75. The van der Waals surface area contributed by atoms with Gasteiger partial charge in [-0.2, -0.15) is 0 Å². The maximum atomic E-state index is 13.6. The van der Waals surface area contributed by atoms with E-state index < -0.39 is 0 Å². The molecule has 3 aromatic rings. The molecule has 1 aliphatic carbocycles. The average Bonchev–Trinajstić information content (AvgIpc) is 3.36. The summed E-state index contributed by atoms with van der Waals surface area (Å²) in [5, 5.41) is 2.04. The molecule has 0 saturated heterocycles. The van der Waals surface area contributed by atoms with E-state index in [0.29, 0.717) is 18.7 Å². The smallest absolute Gasteiger partial charge is 0.254 e. The average molecular weight is 447 g/mol. The van der Waals surface area contributed by atoms with Crippen LogP contribution in [0.25, 0.3) is 0 Å². The van der Waals surface area contributed by atoms with E-state index in [0.717, 1.165) is 36.1 Å². The Hall–Kier alpha value is -2.92. The highest BCUT2D eigenvalue weighted by molar-refractivity contribution is 7.09. The first-order valence-electron chi connectivity index (χ1n) is 11.4. The summed E-state index contributed by atoms with van der Waals surface area (Å²) in [6.07, 6.45) is 5.36. The van der Waals surface area contributed by atoms with E-state index in [9.17, 15) is 9.59 Å². The van der Waals surface area contributed by atoms with Crippen molar-refractivity contribution < 1.29 is 9.59 Å². The van der Waals surface area contributed by atoms with Crippen LogP contribution < -0.4 is 0 Å². The van der Waals surface area contributed by atoms with Crippen molar-refractivity contribution in [3.05, 3.63) is 94.2 Å². The molecule has 32 heavy (non-hydrogen) atoms. The maximum Gasteiger partial charge on any atom is 0.254 e. The van der Waals surface area contributed by atoms with Gasteiger partial charge in [0.1, 0.15) is 6.54 Å². The largest absolute Gasteiger partial charge is 0.332 e. The topological polar surface area (TPSA) is 40.6 Å². The minimum Gasteiger partial charge on any atom is -0.332 e. The van der Waals surface area contributed by atoms with Gasteiger partial charge in [-0.1, -0.05) is 73.9 Å². The number of hydrogen-bond donors (Lipinski definition) is 0. The van der Waals surface area contributed by atoms with E-state index in [1.165, 1.54) is 6.42 Å². The van der Waals surface area contributed by atoms with Crippen LogP contribution in [0, 0.1) is 0 Å². The second-order valence-electron chi connectivity index (χ2n) is 8.41. The normalized spacial score (nSPS) is 14.1. The van der Waals surface area contributed by atoms with Gasteiger partial charge in [-0.15, -0.1) is 11.3 Å². The fraction of sp³-hybridized carbons (Fsp3) is 0.333. The second-order valence-corrected chi connectivity index (χ2v) is 9.44. The molecule has 2 aromatic carbocycles. The molecule has 0 unspecified atom stereocenters. The van der Waals surface area contributed by atoms with Crippen molar-refractivity contribution in [2.45, 2.75) is 51.2 Å². The van der Waals surface area contributed by atoms with Gasteiger partial charge < -0.3 is 9.80 Å². The lowest BCUT2D eigenvalue weighted by molar-refractivity contribution is -0.133. The third kappa shape index (κ3) is 5.86. The maximum absolute atomic E-state index is 13.6. The zero-order valence-electron chi connectivity index (χ0n) is 18.4. The summed E-state index contributed by atoms with van der Waals surface area (Å²) < 4.78 is 0. The molecular formula is C27H30N2O2S. The first kappa shape index (κ1) is 22.3. The summed E-state index contributed by atoms with van der Waals surface area (Å²) in [4.78, 5) is 31.9. The minimum absolute atomic E-state index is 0.00268. The molecule has 0 atom stereocenters. The van der Waals surface area contributed by atoms with Crippen LogP contribution in [0.15, 0.2) is 78.2 Å². The van der Waals surface area contributed by atoms with Crippen molar-refractivity contribution in [1.82, 2.24) is 9.80 Å². The SMILES string of the molecule is O=C(CN(C(=O)c1ccccc1)C1CCCCC1)N(Cc1ccccc1)Cc1cccs1. The van der Waals surface area contributed by atoms with Gasteiger partial charge in [-0.3, -0.25) is 9.59 Å². The number of nitrogens with zero attached hydrogens (tertiary/aromatic N) is 2. The van der Waals surface area contributed by atoms with Crippen LogP contribution in [-0.2, 0) is 17.9 Å². The molecule has 0 bridgehead atoms. The fourth-order valence-electron chi connectivity index (χ4n) is 4.38. The predicted molar refractivity (Wildman–Crippen MR) is 129 cm³/mol. The number of benzene rings is 2. The van der Waals surface area contributed by atoms with Crippen molar-refractivity contribution in [3.63, 3.8) is 0 Å². The number of hydrogen-bond acceptors (Lipinski definition) is 3. The first-order chi connectivity index (χ1) is 15.7. The van der Waals surface area contributed by atoms with Gasteiger partial charge >= 0.3 is 0 Å². The summed E-state index contributed by atoms with van der Waals surface area (Å²) in [6.45, 7) is 1.22. The van der Waals surface area contributed by atoms with E-state index in [1.54, 1.807) is 11.3 Å². The van der Waals surface area contributed by atoms with Gasteiger partial charge in [0.25, 0.3) is 5.91 Å². The third-order valence-electron chi connectivity index (χ3n) is 6.10. The Morgan fingerprint density at radius 3 is 2.16 bits per heavy atom. The summed E-state index contributed by atoms with van der Waals surface area (Å²) in [6, 6.07) is 23.6. The second kappa shape index (κ2) is 11.1. The van der Waals surface area contributed by atoms with Crippen LogP contribution in [0.4, 0.5) is 0 Å². The van der Waals surface area contributed by atoms with E-state index in [-0.39, 0.29) is 24.4 Å². The van der Waals surface area contributed by atoms with Crippen LogP contribution in [0.3, 0.4) is 0 Å². The van der Waals surface area contributed by atoms with E-state index >= 15 is 0 Å². The zero-order valence-corrected chi connectivity index (χ0v) is 19.2. The quantitative estimate of drug-likeness (QED) is 0.442. The molecule has 0 radical (unpaired) electrons. The number of carbonyl (C=O) groups is 2. The molecule has 0 spiro atoms. The highest BCUT2D eigenvalue weighted by Crippen LogP contribution is 2.25. The highest BCUT2D eigenvalue weighted by atomic mass is 32.1. The lowest BCUT2D eigenvalue weighted by Crippen LogP contribution is -2.48. The molecule has 4 rings (SSSR count). The standard InChI is InChI=1S/C27H30N2O2S/c30-26(28(20-25-17-10-18-32-25)19-22-11-4-1-5-12-22)21-29(24-15-8-3-9-16-24)27(31)23-13-6-2-7-14-23/h1-2,4-7,10-14,17-18,24H,3,8-9,15-16,19-21H2. The Bertz CT molecular complexity index is 983.